The first-order valence-electron chi connectivity index (χ1n) is 6.37. The molecular weight excluding hydrogens is 244 g/mol. The van der Waals surface area contributed by atoms with Gasteiger partial charge in [-0.2, -0.15) is 0 Å². The number of anilines is 1. The zero-order valence-corrected chi connectivity index (χ0v) is 11.5. The Morgan fingerprint density at radius 1 is 1.42 bits per heavy atom. The van der Waals surface area contributed by atoms with Crippen molar-refractivity contribution in [3.63, 3.8) is 0 Å². The lowest BCUT2D eigenvalue weighted by Gasteiger charge is -2.36. The van der Waals surface area contributed by atoms with Crippen LogP contribution in [0.5, 0.6) is 0 Å². The molecule has 0 amide bonds. The summed E-state index contributed by atoms with van der Waals surface area (Å²) in [6, 6.07) is 3.68. The Kier molecular flexibility index (Phi) is 3.90. The second-order valence-corrected chi connectivity index (χ2v) is 4.97. The van der Waals surface area contributed by atoms with Crippen LogP contribution in [0.3, 0.4) is 0 Å². The average Bonchev–Trinajstić information content (AvgIpc) is 2.36. The molecule has 2 heterocycles. The summed E-state index contributed by atoms with van der Waals surface area (Å²) in [5.41, 5.74) is 7.27. The summed E-state index contributed by atoms with van der Waals surface area (Å²) < 4.78 is 5.71. The molecule has 2 rings (SSSR count). The van der Waals surface area contributed by atoms with Gasteiger partial charge in [-0.3, -0.25) is 0 Å². The Balaban J connectivity index is 2.39. The van der Waals surface area contributed by atoms with E-state index in [2.05, 4.69) is 15.0 Å². The van der Waals surface area contributed by atoms with Gasteiger partial charge in [0.25, 0.3) is 0 Å². The Hall–Kier alpha value is -1.82. The third-order valence-corrected chi connectivity index (χ3v) is 3.12. The summed E-state index contributed by atoms with van der Waals surface area (Å²) in [4.78, 5) is 6.66. The Morgan fingerprint density at radius 3 is 2.63 bits per heavy atom. The maximum Gasteiger partial charge on any atom is 0.173 e. The Bertz CT molecular complexity index is 480. The summed E-state index contributed by atoms with van der Waals surface area (Å²) >= 11 is 0. The number of morpholine rings is 1. The molecule has 1 aliphatic rings. The number of oxime groups is 1. The number of aryl methyl sites for hydroxylation is 1. The van der Waals surface area contributed by atoms with Gasteiger partial charge in [0.1, 0.15) is 5.82 Å². The number of pyridine rings is 1. The van der Waals surface area contributed by atoms with Crippen molar-refractivity contribution in [3.05, 3.63) is 23.4 Å². The van der Waals surface area contributed by atoms with E-state index in [0.717, 1.165) is 24.6 Å². The molecule has 1 aromatic rings. The highest BCUT2D eigenvalue weighted by molar-refractivity contribution is 6.01. The van der Waals surface area contributed by atoms with Gasteiger partial charge in [-0.15, -0.1) is 0 Å². The maximum atomic E-state index is 8.88. The van der Waals surface area contributed by atoms with Crippen LogP contribution < -0.4 is 10.6 Å². The first kappa shape index (κ1) is 13.6. The Labute approximate surface area is 112 Å². The average molecular weight is 264 g/mol. The van der Waals surface area contributed by atoms with Gasteiger partial charge < -0.3 is 20.6 Å². The number of hydrogen-bond acceptors (Lipinski definition) is 5. The molecule has 104 valence electrons. The predicted molar refractivity (Wildman–Crippen MR) is 73.7 cm³/mol. The molecular formula is C13H20N4O2. The molecule has 0 bridgehead atoms. The van der Waals surface area contributed by atoms with Gasteiger partial charge in [-0.05, 0) is 32.9 Å². The van der Waals surface area contributed by atoms with Crippen molar-refractivity contribution >= 4 is 11.7 Å². The molecule has 0 spiro atoms. The van der Waals surface area contributed by atoms with Crippen molar-refractivity contribution in [1.82, 2.24) is 4.98 Å². The first-order valence-corrected chi connectivity index (χ1v) is 6.37. The molecule has 0 saturated carbocycles. The zero-order chi connectivity index (χ0) is 14.0. The lowest BCUT2D eigenvalue weighted by molar-refractivity contribution is -0.00547. The molecule has 0 unspecified atom stereocenters. The molecule has 1 fully saturated rings. The van der Waals surface area contributed by atoms with E-state index < -0.39 is 0 Å². The Morgan fingerprint density at radius 2 is 2.05 bits per heavy atom. The number of nitrogens with two attached hydrogens (primary N) is 1. The third kappa shape index (κ3) is 2.96. The standard InChI is InChI=1S/C13H20N4O2/c1-8-4-5-11(12(14)16-18)13(15-8)17-6-9(2)19-10(3)7-17/h4-5,9-10,18H,6-7H2,1-3H3,(H2,14,16)/t9-,10+. The van der Waals surface area contributed by atoms with Crippen LogP contribution >= 0.6 is 0 Å². The van der Waals surface area contributed by atoms with Gasteiger partial charge in [-0.1, -0.05) is 5.16 Å². The lowest BCUT2D eigenvalue weighted by Crippen LogP contribution is -2.46. The number of amidine groups is 1. The summed E-state index contributed by atoms with van der Waals surface area (Å²) in [7, 11) is 0. The van der Waals surface area contributed by atoms with Crippen LogP contribution in [0.1, 0.15) is 25.1 Å². The molecule has 3 N–H and O–H groups in total. The molecule has 6 heteroatoms. The smallest absolute Gasteiger partial charge is 0.173 e. The lowest BCUT2D eigenvalue weighted by atomic mass is 10.1. The van der Waals surface area contributed by atoms with Crippen molar-refractivity contribution in [3.8, 4) is 0 Å². The number of rotatable bonds is 2. The van der Waals surface area contributed by atoms with Crippen LogP contribution in [0.25, 0.3) is 0 Å². The SMILES string of the molecule is Cc1ccc(/C(N)=N/O)c(N2C[C@@H](C)O[C@@H](C)C2)n1. The van der Waals surface area contributed by atoms with Crippen LogP contribution in [0, 0.1) is 6.92 Å². The van der Waals surface area contributed by atoms with Crippen molar-refractivity contribution in [2.75, 3.05) is 18.0 Å². The molecule has 1 aliphatic heterocycles. The molecule has 1 aromatic heterocycles. The fourth-order valence-corrected chi connectivity index (χ4v) is 2.39. The van der Waals surface area contributed by atoms with Gasteiger partial charge >= 0.3 is 0 Å². The highest BCUT2D eigenvalue weighted by Gasteiger charge is 2.25. The van der Waals surface area contributed by atoms with Crippen molar-refractivity contribution < 1.29 is 9.94 Å². The second-order valence-electron chi connectivity index (χ2n) is 4.97. The second kappa shape index (κ2) is 5.44. The molecule has 0 aromatic carbocycles. The molecule has 2 atom stereocenters. The van der Waals surface area contributed by atoms with Gasteiger partial charge in [0.05, 0.1) is 17.8 Å². The topological polar surface area (TPSA) is 84.0 Å². The minimum absolute atomic E-state index is 0.0781. The van der Waals surface area contributed by atoms with Crippen LogP contribution in [-0.4, -0.2) is 41.3 Å². The molecule has 1 saturated heterocycles. The van der Waals surface area contributed by atoms with Crippen LogP contribution in [-0.2, 0) is 4.74 Å². The number of hydrogen-bond donors (Lipinski definition) is 2. The van der Waals surface area contributed by atoms with E-state index in [9.17, 15) is 0 Å². The normalized spacial score (nSPS) is 24.6. The summed E-state index contributed by atoms with van der Waals surface area (Å²) in [6.45, 7) is 7.47. The van der Waals surface area contributed by atoms with Crippen LogP contribution in [0.2, 0.25) is 0 Å². The van der Waals surface area contributed by atoms with Crippen molar-refractivity contribution in [1.29, 1.82) is 0 Å². The van der Waals surface area contributed by atoms with Gasteiger partial charge in [-0.25, -0.2) is 4.98 Å². The van der Waals surface area contributed by atoms with Crippen LogP contribution in [0.4, 0.5) is 5.82 Å². The number of nitrogens with zero attached hydrogens (tertiary/aromatic N) is 3. The third-order valence-electron chi connectivity index (χ3n) is 3.12. The van der Waals surface area contributed by atoms with Crippen molar-refractivity contribution in [2.24, 2.45) is 10.9 Å². The van der Waals surface area contributed by atoms with E-state index in [1.54, 1.807) is 0 Å². The fourth-order valence-electron chi connectivity index (χ4n) is 2.39. The fraction of sp³-hybridized carbons (Fsp3) is 0.538. The zero-order valence-electron chi connectivity index (χ0n) is 11.5. The van der Waals surface area contributed by atoms with Gasteiger partial charge in [0.15, 0.2) is 5.84 Å². The monoisotopic (exact) mass is 264 g/mol. The predicted octanol–water partition coefficient (Wildman–Crippen LogP) is 1.10. The maximum absolute atomic E-state index is 8.88. The number of ether oxygens (including phenoxy) is 1. The highest BCUT2D eigenvalue weighted by atomic mass is 16.5. The first-order chi connectivity index (χ1) is 9.01. The van der Waals surface area contributed by atoms with Crippen LogP contribution in [0.15, 0.2) is 17.3 Å². The molecule has 19 heavy (non-hydrogen) atoms. The van der Waals surface area contributed by atoms with Gasteiger partial charge in [0, 0.05) is 18.8 Å². The molecule has 0 radical (unpaired) electrons. The van der Waals surface area contributed by atoms with E-state index in [0.29, 0.717) is 5.56 Å². The summed E-state index contributed by atoms with van der Waals surface area (Å²) in [6.07, 6.45) is 0.261. The minimum atomic E-state index is 0.0781. The van der Waals surface area contributed by atoms with Gasteiger partial charge in [0.2, 0.25) is 0 Å². The van der Waals surface area contributed by atoms with E-state index in [4.69, 9.17) is 15.7 Å². The molecule has 0 aliphatic carbocycles. The largest absolute Gasteiger partial charge is 0.409 e. The summed E-state index contributed by atoms with van der Waals surface area (Å²) in [5, 5.41) is 12.0. The number of aromatic nitrogens is 1. The van der Waals surface area contributed by atoms with E-state index in [1.807, 2.05) is 32.9 Å². The highest BCUT2D eigenvalue weighted by Crippen LogP contribution is 2.23. The van der Waals surface area contributed by atoms with Crippen molar-refractivity contribution in [2.45, 2.75) is 33.0 Å². The minimum Gasteiger partial charge on any atom is -0.409 e. The summed E-state index contributed by atoms with van der Waals surface area (Å²) in [5.74, 6) is 0.826. The molecule has 6 nitrogen and oxygen atoms in total. The van der Waals surface area contributed by atoms with E-state index in [-0.39, 0.29) is 18.0 Å². The van der Waals surface area contributed by atoms with E-state index >= 15 is 0 Å². The van der Waals surface area contributed by atoms with E-state index in [1.165, 1.54) is 0 Å². The quantitative estimate of drug-likeness (QED) is 0.361.